The second-order valence-electron chi connectivity index (χ2n) is 3.80. The molecule has 0 fully saturated rings. The first-order valence-electron chi connectivity index (χ1n) is 5.08. The Morgan fingerprint density at radius 3 is 2.40 bits per heavy atom. The van der Waals surface area contributed by atoms with E-state index < -0.39 is 0 Å². The monoisotopic (exact) mass is 201 g/mol. The van der Waals surface area contributed by atoms with Gasteiger partial charge in [0, 0.05) is 0 Å². The number of hydrogen-bond donors (Lipinski definition) is 1. The molecule has 0 aliphatic carbocycles. The van der Waals surface area contributed by atoms with Crippen molar-refractivity contribution < 1.29 is 4.84 Å². The van der Waals surface area contributed by atoms with E-state index in [2.05, 4.69) is 31.2 Å². The first kappa shape index (κ1) is 10.1. The van der Waals surface area contributed by atoms with Gasteiger partial charge >= 0.3 is 0 Å². The van der Waals surface area contributed by atoms with Crippen LogP contribution in [-0.4, -0.2) is 0 Å². The smallest absolute Gasteiger partial charge is 0.101 e. The molecule has 0 saturated heterocycles. The summed E-state index contributed by atoms with van der Waals surface area (Å²) in [5, 5.41) is 2.48. The lowest BCUT2D eigenvalue weighted by atomic mass is 9.98. The molecule has 15 heavy (non-hydrogen) atoms. The number of aryl methyl sites for hydroxylation is 1. The molecule has 2 N–H and O–H groups in total. The van der Waals surface area contributed by atoms with Gasteiger partial charge in [0.05, 0.1) is 0 Å². The van der Waals surface area contributed by atoms with Crippen molar-refractivity contribution in [2.75, 3.05) is 0 Å². The minimum atomic E-state index is -0.0736. The fourth-order valence-corrected chi connectivity index (χ4v) is 1.90. The maximum absolute atomic E-state index is 5.23. The largest absolute Gasteiger partial charge is 0.297 e. The van der Waals surface area contributed by atoms with E-state index >= 15 is 0 Å². The fourth-order valence-electron chi connectivity index (χ4n) is 1.90. The average Bonchev–Trinajstić information content (AvgIpc) is 2.29. The summed E-state index contributed by atoms with van der Waals surface area (Å²) in [5.41, 5.74) is 2.41. The van der Waals surface area contributed by atoms with Gasteiger partial charge < -0.3 is 0 Å². The summed E-state index contributed by atoms with van der Waals surface area (Å²) in [6.07, 6.45) is -0.0736. The zero-order valence-electron chi connectivity index (χ0n) is 9.03. The lowest BCUT2D eigenvalue weighted by Gasteiger charge is -2.13. The van der Waals surface area contributed by atoms with Gasteiger partial charge in [-0.2, -0.15) is 0 Å². The third-order valence-electron chi connectivity index (χ3n) is 2.82. The number of fused-ring (bicyclic) bond motifs is 1. The molecule has 0 heterocycles. The van der Waals surface area contributed by atoms with Crippen molar-refractivity contribution in [2.45, 2.75) is 20.0 Å². The van der Waals surface area contributed by atoms with Crippen LogP contribution in [0.4, 0.5) is 0 Å². The molecule has 78 valence electrons. The highest BCUT2D eigenvalue weighted by molar-refractivity contribution is 5.88. The van der Waals surface area contributed by atoms with E-state index in [1.54, 1.807) is 0 Å². The highest BCUT2D eigenvalue weighted by Crippen LogP contribution is 2.27. The molecule has 2 aromatic carbocycles. The Labute approximate surface area is 89.6 Å². The maximum atomic E-state index is 5.23. The van der Waals surface area contributed by atoms with E-state index in [0.29, 0.717) is 0 Å². The van der Waals surface area contributed by atoms with Crippen molar-refractivity contribution in [3.63, 3.8) is 0 Å². The Hall–Kier alpha value is -1.38. The molecule has 0 amide bonds. The van der Waals surface area contributed by atoms with Crippen LogP contribution in [0.3, 0.4) is 0 Å². The molecule has 2 nitrogen and oxygen atoms in total. The lowest BCUT2D eigenvalue weighted by Crippen LogP contribution is -2.06. The van der Waals surface area contributed by atoms with Gasteiger partial charge in [-0.05, 0) is 35.7 Å². The summed E-state index contributed by atoms with van der Waals surface area (Å²) in [5.74, 6) is 5.23. The molecule has 2 heteroatoms. The Morgan fingerprint density at radius 1 is 1.07 bits per heavy atom. The minimum absolute atomic E-state index is 0.0736. The maximum Gasteiger partial charge on any atom is 0.101 e. The van der Waals surface area contributed by atoms with Crippen molar-refractivity contribution in [1.82, 2.24) is 0 Å². The summed E-state index contributed by atoms with van der Waals surface area (Å²) in [4.78, 5) is 4.88. The van der Waals surface area contributed by atoms with Gasteiger partial charge in [-0.15, -0.1) is 0 Å². The normalized spacial score (nSPS) is 13.0. The molecule has 1 atom stereocenters. The van der Waals surface area contributed by atoms with E-state index in [0.717, 1.165) is 5.56 Å². The van der Waals surface area contributed by atoms with Crippen LogP contribution < -0.4 is 5.90 Å². The Bertz CT molecular complexity index is 479. The third kappa shape index (κ3) is 1.74. The van der Waals surface area contributed by atoms with Crippen molar-refractivity contribution in [1.29, 1.82) is 0 Å². The number of rotatable bonds is 2. The summed E-state index contributed by atoms with van der Waals surface area (Å²) >= 11 is 0. The molecule has 0 aliphatic rings. The molecule has 2 rings (SSSR count). The van der Waals surface area contributed by atoms with E-state index in [1.807, 2.05) is 19.1 Å². The van der Waals surface area contributed by atoms with E-state index in [1.165, 1.54) is 16.3 Å². The van der Waals surface area contributed by atoms with Crippen LogP contribution in [0, 0.1) is 6.92 Å². The number of nitrogens with two attached hydrogens (primary N) is 1. The predicted octanol–water partition coefficient (Wildman–Crippen LogP) is 3.10. The van der Waals surface area contributed by atoms with Crippen LogP contribution in [0.2, 0.25) is 0 Å². The van der Waals surface area contributed by atoms with Crippen LogP contribution in [0.15, 0.2) is 36.4 Å². The van der Waals surface area contributed by atoms with E-state index in [9.17, 15) is 0 Å². The standard InChI is InChI=1S/C13H15NO/c1-9-7-8-12(10(2)15-14)13-6-4-3-5-11(9)13/h3-8,10H,14H2,1-2H3. The topological polar surface area (TPSA) is 35.2 Å². The molecular weight excluding hydrogens is 186 g/mol. The molecule has 0 radical (unpaired) electrons. The Morgan fingerprint density at radius 2 is 1.73 bits per heavy atom. The SMILES string of the molecule is Cc1ccc(C(C)ON)c2ccccc12. The zero-order chi connectivity index (χ0) is 10.8. The molecular formula is C13H15NO. The van der Waals surface area contributed by atoms with Crippen LogP contribution in [0.25, 0.3) is 10.8 Å². The molecule has 0 aromatic heterocycles. The fraction of sp³-hybridized carbons (Fsp3) is 0.231. The van der Waals surface area contributed by atoms with Gasteiger partial charge in [0.1, 0.15) is 6.10 Å². The van der Waals surface area contributed by atoms with Gasteiger partial charge in [-0.3, -0.25) is 4.84 Å². The Balaban J connectivity index is 2.71. The molecule has 0 bridgehead atoms. The highest BCUT2D eigenvalue weighted by Gasteiger charge is 2.09. The van der Waals surface area contributed by atoms with Crippen LogP contribution in [0.1, 0.15) is 24.2 Å². The van der Waals surface area contributed by atoms with Gasteiger partial charge in [0.15, 0.2) is 0 Å². The first-order chi connectivity index (χ1) is 7.24. The molecule has 0 saturated carbocycles. The number of benzene rings is 2. The molecule has 0 aliphatic heterocycles. The van der Waals surface area contributed by atoms with Crippen molar-refractivity contribution in [3.8, 4) is 0 Å². The van der Waals surface area contributed by atoms with Crippen molar-refractivity contribution in [3.05, 3.63) is 47.5 Å². The van der Waals surface area contributed by atoms with Gasteiger partial charge in [-0.1, -0.05) is 36.4 Å². The summed E-state index contributed by atoms with van der Waals surface area (Å²) in [6, 6.07) is 12.5. The van der Waals surface area contributed by atoms with E-state index in [4.69, 9.17) is 10.7 Å². The first-order valence-corrected chi connectivity index (χ1v) is 5.08. The summed E-state index contributed by atoms with van der Waals surface area (Å²) in [6.45, 7) is 4.07. The average molecular weight is 201 g/mol. The summed E-state index contributed by atoms with van der Waals surface area (Å²) in [7, 11) is 0. The summed E-state index contributed by atoms with van der Waals surface area (Å²) < 4.78 is 0. The molecule has 0 spiro atoms. The van der Waals surface area contributed by atoms with Crippen LogP contribution in [0.5, 0.6) is 0 Å². The Kier molecular flexibility index (Phi) is 2.71. The van der Waals surface area contributed by atoms with Gasteiger partial charge in [-0.25, -0.2) is 5.90 Å². The van der Waals surface area contributed by atoms with Crippen molar-refractivity contribution >= 4 is 10.8 Å². The predicted molar refractivity (Wildman–Crippen MR) is 62.4 cm³/mol. The molecule has 2 aromatic rings. The highest BCUT2D eigenvalue weighted by atomic mass is 16.6. The van der Waals surface area contributed by atoms with Gasteiger partial charge in [0.25, 0.3) is 0 Å². The second kappa shape index (κ2) is 4.01. The van der Waals surface area contributed by atoms with Crippen LogP contribution >= 0.6 is 0 Å². The quantitative estimate of drug-likeness (QED) is 0.758. The third-order valence-corrected chi connectivity index (χ3v) is 2.82. The lowest BCUT2D eigenvalue weighted by molar-refractivity contribution is 0.0674. The second-order valence-corrected chi connectivity index (χ2v) is 3.80. The van der Waals surface area contributed by atoms with E-state index in [-0.39, 0.29) is 6.10 Å². The minimum Gasteiger partial charge on any atom is -0.297 e. The number of hydrogen-bond acceptors (Lipinski definition) is 2. The van der Waals surface area contributed by atoms with Crippen LogP contribution in [-0.2, 0) is 4.84 Å². The molecule has 1 unspecified atom stereocenters. The van der Waals surface area contributed by atoms with Crippen molar-refractivity contribution in [2.24, 2.45) is 5.90 Å². The van der Waals surface area contributed by atoms with Gasteiger partial charge in [0.2, 0.25) is 0 Å². The zero-order valence-corrected chi connectivity index (χ0v) is 9.03.